The molecule has 1 aliphatic rings. The fourth-order valence-corrected chi connectivity index (χ4v) is 7.09. The molecule has 0 radical (unpaired) electrons. The molecule has 156 valence electrons. The number of ether oxygens (including phenoxy) is 1. The Hall–Kier alpha value is -1.45. The Morgan fingerprint density at radius 1 is 1.14 bits per heavy atom. The Bertz CT molecular complexity index is 976. The van der Waals surface area contributed by atoms with Crippen molar-refractivity contribution in [2.45, 2.75) is 60.6 Å². The van der Waals surface area contributed by atoms with Crippen molar-refractivity contribution in [3.8, 4) is 0 Å². The van der Waals surface area contributed by atoms with Gasteiger partial charge >= 0.3 is 5.97 Å². The summed E-state index contributed by atoms with van der Waals surface area (Å²) in [5.74, 6) is -0.503. The van der Waals surface area contributed by atoms with E-state index in [0.717, 1.165) is 11.1 Å². The lowest BCUT2D eigenvalue weighted by Crippen LogP contribution is -2.51. The van der Waals surface area contributed by atoms with E-state index in [9.17, 15) is 13.2 Å². The number of nitrogens with zero attached hydrogens (tertiary/aromatic N) is 1. The Morgan fingerprint density at radius 3 is 2.28 bits per heavy atom. The molecule has 3 rings (SSSR count). The number of carbonyl (C=O) groups is 1. The summed E-state index contributed by atoms with van der Waals surface area (Å²) < 4.78 is 34.3. The normalized spacial score (nSPS) is 25.3. The van der Waals surface area contributed by atoms with E-state index in [1.54, 1.807) is 38.1 Å². The van der Waals surface area contributed by atoms with E-state index in [2.05, 4.69) is 22.6 Å². The van der Waals surface area contributed by atoms with Gasteiger partial charge in [-0.3, -0.25) is 4.79 Å². The maximum Gasteiger partial charge on any atom is 0.324 e. The van der Waals surface area contributed by atoms with Gasteiger partial charge in [0.1, 0.15) is 6.04 Å². The van der Waals surface area contributed by atoms with Gasteiger partial charge in [0.25, 0.3) is 0 Å². The maximum atomic E-state index is 13.8. The van der Waals surface area contributed by atoms with Crippen molar-refractivity contribution in [2.24, 2.45) is 0 Å². The van der Waals surface area contributed by atoms with Crippen LogP contribution in [0, 0.1) is 6.92 Å². The molecule has 5 nitrogen and oxygen atoms in total. The summed E-state index contributed by atoms with van der Waals surface area (Å²) in [7, 11) is -3.95. The van der Waals surface area contributed by atoms with Gasteiger partial charge in [-0.1, -0.05) is 70.6 Å². The third-order valence-electron chi connectivity index (χ3n) is 5.34. The van der Waals surface area contributed by atoms with Crippen molar-refractivity contribution in [1.29, 1.82) is 0 Å². The molecule has 0 saturated carbocycles. The monoisotopic (exact) mass is 527 g/mol. The molecular weight excluding hydrogens is 501 g/mol. The van der Waals surface area contributed by atoms with Gasteiger partial charge < -0.3 is 4.74 Å². The number of aryl methyl sites for hydroxylation is 1. The molecule has 0 spiro atoms. The number of hydrogen-bond acceptors (Lipinski definition) is 4. The van der Waals surface area contributed by atoms with Gasteiger partial charge in [0, 0.05) is 3.92 Å². The summed E-state index contributed by atoms with van der Waals surface area (Å²) in [5, 5.41) is 0. The van der Waals surface area contributed by atoms with Gasteiger partial charge in [0.15, 0.2) is 0 Å². The smallest absolute Gasteiger partial charge is 0.324 e. The molecule has 1 fully saturated rings. The third kappa shape index (κ3) is 4.09. The van der Waals surface area contributed by atoms with Crippen molar-refractivity contribution in [3.63, 3.8) is 0 Å². The second kappa shape index (κ2) is 8.35. The molecule has 7 heteroatoms. The summed E-state index contributed by atoms with van der Waals surface area (Å²) in [6.45, 7) is 7.34. The first kappa shape index (κ1) is 22.2. The molecule has 0 aliphatic carbocycles. The molecule has 2 aromatic rings. The highest BCUT2D eigenvalue weighted by Crippen LogP contribution is 2.49. The largest absolute Gasteiger partial charge is 0.462 e. The zero-order valence-corrected chi connectivity index (χ0v) is 20.0. The number of hydrogen-bond donors (Lipinski definition) is 0. The van der Waals surface area contributed by atoms with E-state index in [4.69, 9.17) is 4.74 Å². The average Bonchev–Trinajstić information content (AvgIpc) is 2.95. The first-order chi connectivity index (χ1) is 13.6. The number of alkyl halides is 1. The third-order valence-corrected chi connectivity index (χ3v) is 9.08. The Morgan fingerprint density at radius 2 is 1.72 bits per heavy atom. The van der Waals surface area contributed by atoms with Crippen LogP contribution in [0.2, 0.25) is 0 Å². The molecule has 0 unspecified atom stereocenters. The van der Waals surface area contributed by atoms with Crippen molar-refractivity contribution < 1.29 is 17.9 Å². The van der Waals surface area contributed by atoms with Crippen LogP contribution in [-0.4, -0.2) is 34.8 Å². The standard InChI is InChI=1S/C22H26INO4S/c1-15(2)28-21(25)19-14-20(23)22(4,17-8-6-5-7-9-17)24(19)29(26,27)18-12-10-16(3)11-13-18/h5-13,15,19-20H,14H2,1-4H3/t19-,20-,22+/m1/s1. The molecule has 0 N–H and O–H groups in total. The van der Waals surface area contributed by atoms with Crippen molar-refractivity contribution >= 4 is 38.6 Å². The molecule has 3 atom stereocenters. The van der Waals surface area contributed by atoms with Crippen LogP contribution < -0.4 is 0 Å². The van der Waals surface area contributed by atoms with Crippen molar-refractivity contribution in [3.05, 3.63) is 65.7 Å². The Balaban J connectivity index is 2.18. The minimum Gasteiger partial charge on any atom is -0.462 e. The molecule has 1 heterocycles. The highest BCUT2D eigenvalue weighted by atomic mass is 127. The number of sulfonamides is 1. The minimum atomic E-state index is -3.95. The molecule has 1 aliphatic heterocycles. The van der Waals surface area contributed by atoms with Crippen LogP contribution in [0.5, 0.6) is 0 Å². The van der Waals surface area contributed by atoms with E-state index in [-0.39, 0.29) is 14.9 Å². The molecule has 1 saturated heterocycles. The summed E-state index contributed by atoms with van der Waals surface area (Å²) in [6, 6.07) is 15.4. The second-order valence-electron chi connectivity index (χ2n) is 7.83. The van der Waals surface area contributed by atoms with E-state index in [1.807, 2.05) is 44.2 Å². The lowest BCUT2D eigenvalue weighted by molar-refractivity contribution is -0.152. The summed E-state index contributed by atoms with van der Waals surface area (Å²) in [4.78, 5) is 13.1. The molecule has 0 amide bonds. The molecule has 29 heavy (non-hydrogen) atoms. The van der Waals surface area contributed by atoms with Crippen LogP contribution in [0.1, 0.15) is 38.3 Å². The highest BCUT2D eigenvalue weighted by Gasteiger charge is 2.58. The zero-order valence-electron chi connectivity index (χ0n) is 17.0. The predicted molar refractivity (Wildman–Crippen MR) is 121 cm³/mol. The van der Waals surface area contributed by atoms with Crippen LogP contribution in [0.15, 0.2) is 59.5 Å². The predicted octanol–water partition coefficient (Wildman–Crippen LogP) is 4.43. The van der Waals surface area contributed by atoms with Crippen LogP contribution in [0.25, 0.3) is 0 Å². The summed E-state index contributed by atoms with van der Waals surface area (Å²) in [6.07, 6.45) is 0.0745. The maximum absolute atomic E-state index is 13.8. The lowest BCUT2D eigenvalue weighted by atomic mass is 9.90. The first-order valence-electron chi connectivity index (χ1n) is 9.59. The van der Waals surface area contributed by atoms with E-state index in [1.165, 1.54) is 4.31 Å². The highest BCUT2D eigenvalue weighted by molar-refractivity contribution is 14.1. The van der Waals surface area contributed by atoms with Crippen LogP contribution in [-0.2, 0) is 25.1 Å². The quantitative estimate of drug-likeness (QED) is 0.328. The van der Waals surface area contributed by atoms with Gasteiger partial charge in [-0.05, 0) is 51.8 Å². The van der Waals surface area contributed by atoms with Crippen molar-refractivity contribution in [1.82, 2.24) is 4.31 Å². The van der Waals surface area contributed by atoms with Crippen LogP contribution in [0.4, 0.5) is 0 Å². The average molecular weight is 527 g/mol. The van der Waals surface area contributed by atoms with Gasteiger partial charge in [-0.15, -0.1) is 0 Å². The van der Waals surface area contributed by atoms with Crippen LogP contribution >= 0.6 is 22.6 Å². The molecular formula is C22H26INO4S. The van der Waals surface area contributed by atoms with Crippen LogP contribution in [0.3, 0.4) is 0 Å². The van der Waals surface area contributed by atoms with Gasteiger partial charge in [0.05, 0.1) is 16.5 Å². The summed E-state index contributed by atoms with van der Waals surface area (Å²) >= 11 is 2.26. The Labute approximate surface area is 186 Å². The summed E-state index contributed by atoms with van der Waals surface area (Å²) in [5.41, 5.74) is 0.945. The van der Waals surface area contributed by atoms with Crippen molar-refractivity contribution in [2.75, 3.05) is 0 Å². The number of halogens is 1. The van der Waals surface area contributed by atoms with E-state index in [0.29, 0.717) is 6.42 Å². The Kier molecular flexibility index (Phi) is 6.41. The second-order valence-corrected chi connectivity index (χ2v) is 11.2. The van der Waals surface area contributed by atoms with Gasteiger partial charge in [-0.2, -0.15) is 4.31 Å². The van der Waals surface area contributed by atoms with Gasteiger partial charge in [0.2, 0.25) is 10.0 Å². The number of carbonyl (C=O) groups excluding carboxylic acids is 1. The van der Waals surface area contributed by atoms with E-state index < -0.39 is 27.6 Å². The number of rotatable bonds is 5. The SMILES string of the molecule is Cc1ccc(S(=O)(=O)N2[C@@H](C(=O)OC(C)C)C[C@@H](I)[C@]2(C)c2ccccc2)cc1. The minimum absolute atomic E-state index is 0.104. The van der Waals surface area contributed by atoms with E-state index >= 15 is 0 Å². The molecule has 2 aromatic carbocycles. The fraction of sp³-hybridized carbons (Fsp3) is 0.409. The topological polar surface area (TPSA) is 63.7 Å². The lowest BCUT2D eigenvalue weighted by Gasteiger charge is -2.38. The fourth-order valence-electron chi connectivity index (χ4n) is 3.81. The number of benzene rings is 2. The first-order valence-corrected chi connectivity index (χ1v) is 12.3. The molecule has 0 aromatic heterocycles. The zero-order chi connectivity index (χ0) is 21.4. The molecule has 0 bridgehead atoms. The van der Waals surface area contributed by atoms with Gasteiger partial charge in [-0.25, -0.2) is 8.42 Å². The number of esters is 1.